The zero-order valence-electron chi connectivity index (χ0n) is 12.9. The van der Waals surface area contributed by atoms with Crippen LogP contribution < -0.4 is 5.73 Å². The van der Waals surface area contributed by atoms with Gasteiger partial charge in [0.25, 0.3) is 0 Å². The summed E-state index contributed by atoms with van der Waals surface area (Å²) in [5, 5.41) is 3.97. The van der Waals surface area contributed by atoms with Gasteiger partial charge in [-0.05, 0) is 45.4 Å². The molecule has 2 heterocycles. The average Bonchev–Trinajstić information content (AvgIpc) is 2.75. The third-order valence-corrected chi connectivity index (χ3v) is 4.15. The Hall–Kier alpha value is -1.52. The lowest BCUT2D eigenvalue weighted by atomic mass is 10.00. The van der Waals surface area contributed by atoms with Gasteiger partial charge in [-0.15, -0.1) is 0 Å². The number of aliphatic imine (C=N–C) groups is 1. The van der Waals surface area contributed by atoms with Crippen molar-refractivity contribution >= 4 is 5.96 Å². The standard InChI is InChI=1S/C15H26N4O/c1-11-6-9-19(10-7-11)15(16)17-8-4-5-14-12(2)18-20-13(14)3/h11H,4-10H2,1-3H3,(H2,16,17). The predicted molar refractivity (Wildman–Crippen MR) is 80.8 cm³/mol. The maximum Gasteiger partial charge on any atom is 0.191 e. The minimum atomic E-state index is 0.704. The van der Waals surface area contributed by atoms with Crippen molar-refractivity contribution in [3.63, 3.8) is 0 Å². The van der Waals surface area contributed by atoms with Crippen molar-refractivity contribution in [1.82, 2.24) is 10.1 Å². The minimum Gasteiger partial charge on any atom is -0.370 e. The van der Waals surface area contributed by atoms with Crippen LogP contribution in [0.15, 0.2) is 9.52 Å². The topological polar surface area (TPSA) is 67.6 Å². The van der Waals surface area contributed by atoms with Crippen LogP contribution in [0.3, 0.4) is 0 Å². The van der Waals surface area contributed by atoms with E-state index in [2.05, 4.69) is 22.0 Å². The maximum atomic E-state index is 6.06. The van der Waals surface area contributed by atoms with E-state index in [0.29, 0.717) is 5.96 Å². The van der Waals surface area contributed by atoms with Crippen molar-refractivity contribution in [3.05, 3.63) is 17.0 Å². The molecule has 0 aliphatic carbocycles. The first kappa shape index (κ1) is 14.9. The lowest BCUT2D eigenvalue weighted by molar-refractivity contribution is 0.277. The van der Waals surface area contributed by atoms with Crippen LogP contribution in [0.25, 0.3) is 0 Å². The highest BCUT2D eigenvalue weighted by Crippen LogP contribution is 2.16. The van der Waals surface area contributed by atoms with Gasteiger partial charge in [-0.25, -0.2) is 0 Å². The molecule has 0 radical (unpaired) electrons. The summed E-state index contributed by atoms with van der Waals surface area (Å²) in [5.74, 6) is 2.44. The summed E-state index contributed by atoms with van der Waals surface area (Å²) in [4.78, 5) is 6.71. The van der Waals surface area contributed by atoms with Crippen molar-refractivity contribution in [2.45, 2.75) is 46.5 Å². The normalized spacial score (nSPS) is 17.8. The predicted octanol–water partition coefficient (Wildman–Crippen LogP) is 2.27. The second-order valence-corrected chi connectivity index (χ2v) is 5.82. The second kappa shape index (κ2) is 6.77. The van der Waals surface area contributed by atoms with Gasteiger partial charge in [-0.2, -0.15) is 0 Å². The first-order valence-corrected chi connectivity index (χ1v) is 7.54. The Morgan fingerprint density at radius 3 is 2.70 bits per heavy atom. The lowest BCUT2D eigenvalue weighted by Crippen LogP contribution is -2.42. The van der Waals surface area contributed by atoms with Crippen molar-refractivity contribution in [1.29, 1.82) is 0 Å². The van der Waals surface area contributed by atoms with Crippen molar-refractivity contribution < 1.29 is 4.52 Å². The summed E-state index contributed by atoms with van der Waals surface area (Å²) >= 11 is 0. The fourth-order valence-electron chi connectivity index (χ4n) is 2.65. The van der Waals surface area contributed by atoms with Crippen molar-refractivity contribution in [3.8, 4) is 0 Å². The minimum absolute atomic E-state index is 0.704. The van der Waals surface area contributed by atoms with Gasteiger partial charge < -0.3 is 15.2 Å². The molecule has 20 heavy (non-hydrogen) atoms. The Bertz CT molecular complexity index is 439. The van der Waals surface area contributed by atoms with Crippen molar-refractivity contribution in [2.75, 3.05) is 19.6 Å². The number of guanidine groups is 1. The second-order valence-electron chi connectivity index (χ2n) is 5.82. The first-order valence-electron chi connectivity index (χ1n) is 7.54. The van der Waals surface area contributed by atoms with Crippen LogP contribution in [-0.2, 0) is 6.42 Å². The van der Waals surface area contributed by atoms with Gasteiger partial charge in [0.1, 0.15) is 5.76 Å². The van der Waals surface area contributed by atoms with Gasteiger partial charge in [0.2, 0.25) is 0 Å². The van der Waals surface area contributed by atoms with E-state index in [1.165, 1.54) is 18.4 Å². The van der Waals surface area contributed by atoms with Gasteiger partial charge in [0.05, 0.1) is 5.69 Å². The quantitative estimate of drug-likeness (QED) is 0.521. The molecule has 0 atom stereocenters. The van der Waals surface area contributed by atoms with Crippen LogP contribution in [0.4, 0.5) is 0 Å². The molecular formula is C15H26N4O. The molecule has 2 rings (SSSR count). The van der Waals surface area contributed by atoms with Crippen LogP contribution in [0.5, 0.6) is 0 Å². The van der Waals surface area contributed by atoms with Crippen LogP contribution in [0, 0.1) is 19.8 Å². The van der Waals surface area contributed by atoms with E-state index in [1.807, 2.05) is 13.8 Å². The molecule has 1 fully saturated rings. The van der Waals surface area contributed by atoms with Crippen LogP contribution in [0.2, 0.25) is 0 Å². The molecule has 5 heteroatoms. The molecule has 0 aromatic carbocycles. The average molecular weight is 278 g/mol. The molecule has 0 spiro atoms. The van der Waals surface area contributed by atoms with E-state index in [1.54, 1.807) is 0 Å². The highest BCUT2D eigenvalue weighted by molar-refractivity contribution is 5.78. The van der Waals surface area contributed by atoms with Gasteiger partial charge in [0, 0.05) is 25.2 Å². The molecule has 0 unspecified atom stereocenters. The lowest BCUT2D eigenvalue weighted by Gasteiger charge is -2.31. The fraction of sp³-hybridized carbons (Fsp3) is 0.733. The Balaban J connectivity index is 1.76. The van der Waals surface area contributed by atoms with E-state index >= 15 is 0 Å². The Kier molecular flexibility index (Phi) is 5.04. The number of rotatable bonds is 4. The van der Waals surface area contributed by atoms with Gasteiger partial charge in [-0.1, -0.05) is 12.1 Å². The summed E-state index contributed by atoms with van der Waals surface area (Å²) in [5.41, 5.74) is 8.26. The third-order valence-electron chi connectivity index (χ3n) is 4.15. The van der Waals surface area contributed by atoms with Crippen molar-refractivity contribution in [2.24, 2.45) is 16.6 Å². The number of aryl methyl sites for hydroxylation is 2. The molecule has 5 nitrogen and oxygen atoms in total. The van der Waals surface area contributed by atoms with E-state index < -0.39 is 0 Å². The molecule has 112 valence electrons. The summed E-state index contributed by atoms with van der Waals surface area (Å²) in [6.45, 7) is 9.09. The molecule has 0 saturated carbocycles. The Labute approximate surface area is 121 Å². The maximum absolute atomic E-state index is 6.06. The summed E-state index contributed by atoms with van der Waals surface area (Å²) in [6, 6.07) is 0. The molecular weight excluding hydrogens is 252 g/mol. The van der Waals surface area contributed by atoms with Crippen LogP contribution in [-0.4, -0.2) is 35.7 Å². The Morgan fingerprint density at radius 2 is 2.10 bits per heavy atom. The number of hydrogen-bond donors (Lipinski definition) is 1. The number of hydrogen-bond acceptors (Lipinski definition) is 3. The first-order chi connectivity index (χ1) is 9.58. The highest BCUT2D eigenvalue weighted by Gasteiger charge is 2.16. The van der Waals surface area contributed by atoms with E-state index in [9.17, 15) is 0 Å². The van der Waals surface area contributed by atoms with Crippen LogP contribution >= 0.6 is 0 Å². The van der Waals surface area contributed by atoms with E-state index in [-0.39, 0.29) is 0 Å². The molecule has 1 aromatic heterocycles. The summed E-state index contributed by atoms with van der Waals surface area (Å²) in [6.07, 6.45) is 4.37. The highest BCUT2D eigenvalue weighted by atomic mass is 16.5. The molecule has 1 saturated heterocycles. The molecule has 0 amide bonds. The number of likely N-dealkylation sites (tertiary alicyclic amines) is 1. The number of aromatic nitrogens is 1. The molecule has 1 aliphatic heterocycles. The zero-order chi connectivity index (χ0) is 14.5. The van der Waals surface area contributed by atoms with E-state index in [0.717, 1.165) is 49.8 Å². The van der Waals surface area contributed by atoms with E-state index in [4.69, 9.17) is 10.3 Å². The van der Waals surface area contributed by atoms with Gasteiger partial charge in [0.15, 0.2) is 5.96 Å². The largest absolute Gasteiger partial charge is 0.370 e. The summed E-state index contributed by atoms with van der Waals surface area (Å²) < 4.78 is 5.16. The smallest absolute Gasteiger partial charge is 0.191 e. The SMILES string of the molecule is Cc1noc(C)c1CCCN=C(N)N1CCC(C)CC1. The summed E-state index contributed by atoms with van der Waals surface area (Å²) in [7, 11) is 0. The van der Waals surface area contributed by atoms with Crippen LogP contribution in [0.1, 0.15) is 43.2 Å². The van der Waals surface area contributed by atoms with Gasteiger partial charge in [-0.3, -0.25) is 4.99 Å². The Morgan fingerprint density at radius 1 is 1.40 bits per heavy atom. The number of nitrogens with zero attached hydrogens (tertiary/aromatic N) is 3. The third kappa shape index (κ3) is 3.74. The molecule has 1 aromatic rings. The zero-order valence-corrected chi connectivity index (χ0v) is 12.9. The van der Waals surface area contributed by atoms with Gasteiger partial charge >= 0.3 is 0 Å². The fourth-order valence-corrected chi connectivity index (χ4v) is 2.65. The number of nitrogens with two attached hydrogens (primary N) is 1. The molecule has 2 N–H and O–H groups in total. The number of piperidine rings is 1. The molecule has 1 aliphatic rings. The molecule has 0 bridgehead atoms. The monoisotopic (exact) mass is 278 g/mol.